The van der Waals surface area contributed by atoms with Gasteiger partial charge in [-0.15, -0.1) is 0 Å². The van der Waals surface area contributed by atoms with Crippen molar-refractivity contribution in [3.8, 4) is 0 Å². The van der Waals surface area contributed by atoms with Crippen LogP contribution in [0.15, 0.2) is 66.7 Å². The lowest BCUT2D eigenvalue weighted by molar-refractivity contribution is -0.153. The Balaban J connectivity index is 1.77. The Hall–Kier alpha value is -2.65. The SMILES string of the molecule is C=C(C)C(=O)OC(C)(C)CCOC(C)c1cc2ccccc2c2ccccc12. The molecule has 0 aromatic heterocycles. The molecule has 3 rings (SSSR count). The summed E-state index contributed by atoms with van der Waals surface area (Å²) in [6.45, 7) is 11.7. The predicted octanol–water partition coefficient (Wildman–Crippen LogP) is 6.36. The Bertz CT molecular complexity index is 1020. The summed E-state index contributed by atoms with van der Waals surface area (Å²) < 4.78 is 11.6. The number of fused-ring (bicyclic) bond motifs is 3. The van der Waals surface area contributed by atoms with Crippen LogP contribution in [0.3, 0.4) is 0 Å². The van der Waals surface area contributed by atoms with E-state index in [2.05, 4.69) is 68.1 Å². The zero-order valence-electron chi connectivity index (χ0n) is 17.1. The van der Waals surface area contributed by atoms with Crippen molar-refractivity contribution in [3.63, 3.8) is 0 Å². The van der Waals surface area contributed by atoms with Crippen molar-refractivity contribution in [2.45, 2.75) is 45.8 Å². The van der Waals surface area contributed by atoms with E-state index in [-0.39, 0.29) is 12.1 Å². The Morgan fingerprint density at radius 2 is 1.64 bits per heavy atom. The zero-order valence-corrected chi connectivity index (χ0v) is 17.1. The van der Waals surface area contributed by atoms with Crippen molar-refractivity contribution in [3.05, 3.63) is 72.3 Å². The first-order valence-electron chi connectivity index (χ1n) is 9.69. The van der Waals surface area contributed by atoms with Crippen LogP contribution >= 0.6 is 0 Å². The molecule has 1 unspecified atom stereocenters. The molecule has 0 fully saturated rings. The summed E-state index contributed by atoms with van der Waals surface area (Å²) in [6.07, 6.45) is 0.546. The minimum atomic E-state index is -0.596. The summed E-state index contributed by atoms with van der Waals surface area (Å²) in [5.74, 6) is -0.362. The number of benzene rings is 3. The van der Waals surface area contributed by atoms with Crippen molar-refractivity contribution < 1.29 is 14.3 Å². The molecule has 1 atom stereocenters. The second kappa shape index (κ2) is 8.15. The Kier molecular flexibility index (Phi) is 5.85. The van der Waals surface area contributed by atoms with Crippen LogP contribution < -0.4 is 0 Å². The highest BCUT2D eigenvalue weighted by molar-refractivity contribution is 6.09. The molecule has 0 aliphatic carbocycles. The van der Waals surface area contributed by atoms with E-state index in [9.17, 15) is 4.79 Å². The molecule has 3 nitrogen and oxygen atoms in total. The highest BCUT2D eigenvalue weighted by Crippen LogP contribution is 2.33. The van der Waals surface area contributed by atoms with Gasteiger partial charge < -0.3 is 9.47 Å². The highest BCUT2D eigenvalue weighted by atomic mass is 16.6. The van der Waals surface area contributed by atoms with Gasteiger partial charge in [0.25, 0.3) is 0 Å². The number of hydrogen-bond acceptors (Lipinski definition) is 3. The normalized spacial score (nSPS) is 12.9. The molecular formula is C25H28O3. The average Bonchev–Trinajstić information content (AvgIpc) is 2.66. The Labute approximate surface area is 167 Å². The number of esters is 1. The number of hydrogen-bond donors (Lipinski definition) is 0. The fourth-order valence-corrected chi connectivity index (χ4v) is 3.38. The van der Waals surface area contributed by atoms with E-state index in [1.165, 1.54) is 27.1 Å². The second-order valence-corrected chi connectivity index (χ2v) is 7.93. The summed E-state index contributed by atoms with van der Waals surface area (Å²) in [5, 5.41) is 4.91. The number of ether oxygens (including phenoxy) is 2. The molecule has 0 heterocycles. The van der Waals surface area contributed by atoms with E-state index in [0.717, 1.165) is 0 Å². The van der Waals surface area contributed by atoms with Crippen LogP contribution in [-0.4, -0.2) is 18.2 Å². The van der Waals surface area contributed by atoms with E-state index in [1.807, 2.05) is 13.8 Å². The van der Waals surface area contributed by atoms with Gasteiger partial charge in [0.05, 0.1) is 12.7 Å². The molecule has 0 aliphatic rings. The topological polar surface area (TPSA) is 35.5 Å². The Morgan fingerprint density at radius 3 is 2.32 bits per heavy atom. The lowest BCUT2D eigenvalue weighted by Crippen LogP contribution is -2.30. The van der Waals surface area contributed by atoms with E-state index in [1.54, 1.807) is 6.92 Å². The molecule has 0 spiro atoms. The molecular weight excluding hydrogens is 348 g/mol. The molecule has 0 radical (unpaired) electrons. The van der Waals surface area contributed by atoms with E-state index < -0.39 is 5.60 Å². The first-order valence-corrected chi connectivity index (χ1v) is 9.69. The smallest absolute Gasteiger partial charge is 0.333 e. The molecule has 0 amide bonds. The standard InChI is InChI=1S/C25H28O3/c1-17(2)24(26)28-25(4,5)14-15-27-18(3)23-16-19-10-6-7-11-20(19)21-12-8-9-13-22(21)23/h6-13,16,18H,1,14-15H2,2-5H3. The third-order valence-electron chi connectivity index (χ3n) is 5.03. The molecule has 0 saturated carbocycles. The van der Waals surface area contributed by atoms with Crippen molar-refractivity contribution in [2.24, 2.45) is 0 Å². The lowest BCUT2D eigenvalue weighted by Gasteiger charge is -2.26. The van der Waals surface area contributed by atoms with Crippen LogP contribution in [0, 0.1) is 0 Å². The molecule has 0 aliphatic heterocycles. The van der Waals surface area contributed by atoms with Gasteiger partial charge in [0.2, 0.25) is 0 Å². The van der Waals surface area contributed by atoms with Crippen LogP contribution in [0.25, 0.3) is 21.5 Å². The third kappa shape index (κ3) is 4.42. The van der Waals surface area contributed by atoms with Crippen LogP contribution in [0.1, 0.15) is 45.8 Å². The van der Waals surface area contributed by atoms with Gasteiger partial charge >= 0.3 is 5.97 Å². The summed E-state index contributed by atoms with van der Waals surface area (Å²) in [4.78, 5) is 11.8. The maximum absolute atomic E-state index is 11.8. The van der Waals surface area contributed by atoms with Gasteiger partial charge in [-0.25, -0.2) is 4.79 Å². The van der Waals surface area contributed by atoms with Crippen LogP contribution in [-0.2, 0) is 14.3 Å². The van der Waals surface area contributed by atoms with Crippen LogP contribution in [0.4, 0.5) is 0 Å². The van der Waals surface area contributed by atoms with E-state index in [0.29, 0.717) is 18.6 Å². The van der Waals surface area contributed by atoms with Gasteiger partial charge in [-0.2, -0.15) is 0 Å². The fourth-order valence-electron chi connectivity index (χ4n) is 3.38. The van der Waals surface area contributed by atoms with Crippen LogP contribution in [0.5, 0.6) is 0 Å². The maximum atomic E-state index is 11.8. The molecule has 0 N–H and O–H groups in total. The summed E-state index contributed by atoms with van der Waals surface area (Å²) in [7, 11) is 0. The molecule has 3 aromatic carbocycles. The number of carbonyl (C=O) groups excluding carboxylic acids is 1. The molecule has 28 heavy (non-hydrogen) atoms. The van der Waals surface area contributed by atoms with Crippen molar-refractivity contribution >= 4 is 27.5 Å². The summed E-state index contributed by atoms with van der Waals surface area (Å²) in [5.41, 5.74) is 0.984. The van der Waals surface area contributed by atoms with Gasteiger partial charge in [-0.05, 0) is 60.9 Å². The van der Waals surface area contributed by atoms with Crippen LogP contribution in [0.2, 0.25) is 0 Å². The van der Waals surface area contributed by atoms with Gasteiger partial charge in [0.1, 0.15) is 5.60 Å². The fraction of sp³-hybridized carbons (Fsp3) is 0.320. The summed E-state index contributed by atoms with van der Waals surface area (Å²) >= 11 is 0. The largest absolute Gasteiger partial charge is 0.456 e. The minimum absolute atomic E-state index is 0.0675. The maximum Gasteiger partial charge on any atom is 0.333 e. The molecule has 0 bridgehead atoms. The van der Waals surface area contributed by atoms with Crippen molar-refractivity contribution in [2.75, 3.05) is 6.61 Å². The first-order chi connectivity index (χ1) is 13.3. The highest BCUT2D eigenvalue weighted by Gasteiger charge is 2.23. The van der Waals surface area contributed by atoms with Gasteiger partial charge in [-0.3, -0.25) is 0 Å². The molecule has 3 heteroatoms. The predicted molar refractivity (Wildman–Crippen MR) is 115 cm³/mol. The van der Waals surface area contributed by atoms with Gasteiger partial charge in [0.15, 0.2) is 0 Å². The average molecular weight is 376 g/mol. The lowest BCUT2D eigenvalue weighted by atomic mass is 9.95. The molecule has 0 saturated heterocycles. The number of rotatable bonds is 7. The van der Waals surface area contributed by atoms with Crippen molar-refractivity contribution in [1.29, 1.82) is 0 Å². The Morgan fingerprint density at radius 1 is 1.04 bits per heavy atom. The zero-order chi connectivity index (χ0) is 20.3. The number of carbonyl (C=O) groups is 1. The van der Waals surface area contributed by atoms with Crippen molar-refractivity contribution in [1.82, 2.24) is 0 Å². The monoisotopic (exact) mass is 376 g/mol. The first kappa shape index (κ1) is 20.1. The van der Waals surface area contributed by atoms with E-state index >= 15 is 0 Å². The van der Waals surface area contributed by atoms with E-state index in [4.69, 9.17) is 9.47 Å². The minimum Gasteiger partial charge on any atom is -0.456 e. The van der Waals surface area contributed by atoms with Gasteiger partial charge in [-0.1, -0.05) is 55.1 Å². The molecule has 3 aromatic rings. The molecule has 146 valence electrons. The second-order valence-electron chi connectivity index (χ2n) is 7.93. The summed E-state index contributed by atoms with van der Waals surface area (Å²) in [6, 6.07) is 19.1. The quantitative estimate of drug-likeness (QED) is 0.273. The third-order valence-corrected chi connectivity index (χ3v) is 5.03. The van der Waals surface area contributed by atoms with Gasteiger partial charge in [0, 0.05) is 12.0 Å².